The van der Waals surface area contributed by atoms with Crippen LogP contribution in [-0.4, -0.2) is 41.1 Å². The number of hydrogen-bond acceptors (Lipinski definition) is 6. The first-order chi connectivity index (χ1) is 10.1. The molecule has 0 bridgehead atoms. The zero-order chi connectivity index (χ0) is 15.2. The van der Waals surface area contributed by atoms with Crippen LogP contribution in [0.25, 0.3) is 0 Å². The highest BCUT2D eigenvalue weighted by Crippen LogP contribution is 2.19. The van der Waals surface area contributed by atoms with E-state index < -0.39 is 0 Å². The van der Waals surface area contributed by atoms with Gasteiger partial charge in [-0.05, 0) is 38.5 Å². The van der Waals surface area contributed by atoms with E-state index >= 15 is 0 Å². The fourth-order valence-corrected chi connectivity index (χ4v) is 2.76. The lowest BCUT2D eigenvalue weighted by atomic mass is 10.1. The van der Waals surface area contributed by atoms with Crippen LogP contribution < -0.4 is 15.5 Å². The van der Waals surface area contributed by atoms with Crippen molar-refractivity contribution in [1.29, 1.82) is 0 Å². The maximum atomic E-state index is 4.60. The molecule has 0 amide bonds. The third-order valence-corrected chi connectivity index (χ3v) is 3.69. The summed E-state index contributed by atoms with van der Waals surface area (Å²) in [5.41, 5.74) is 0. The number of nitrogens with one attached hydrogen (secondary N) is 2. The fraction of sp³-hybridized carbons (Fsp3) is 0.800. The van der Waals surface area contributed by atoms with Gasteiger partial charge in [0, 0.05) is 26.2 Å². The van der Waals surface area contributed by atoms with Crippen LogP contribution in [0.2, 0.25) is 0 Å². The maximum Gasteiger partial charge on any atom is 0.231 e. The summed E-state index contributed by atoms with van der Waals surface area (Å²) < 4.78 is 0. The molecule has 0 aromatic carbocycles. The molecule has 2 N–H and O–H groups in total. The van der Waals surface area contributed by atoms with Crippen molar-refractivity contribution in [3.63, 3.8) is 0 Å². The molecule has 1 aliphatic heterocycles. The predicted molar refractivity (Wildman–Crippen MR) is 88.0 cm³/mol. The van der Waals surface area contributed by atoms with E-state index in [4.69, 9.17) is 0 Å². The molecule has 0 aliphatic carbocycles. The molecule has 1 atom stereocenters. The second kappa shape index (κ2) is 7.43. The van der Waals surface area contributed by atoms with Gasteiger partial charge in [-0.2, -0.15) is 15.0 Å². The summed E-state index contributed by atoms with van der Waals surface area (Å²) in [7, 11) is 1.84. The summed E-state index contributed by atoms with van der Waals surface area (Å²) >= 11 is 0. The molecular weight excluding hydrogens is 264 g/mol. The largest absolute Gasteiger partial charge is 0.357 e. The fourth-order valence-electron chi connectivity index (χ4n) is 2.76. The van der Waals surface area contributed by atoms with Gasteiger partial charge in [-0.15, -0.1) is 0 Å². The highest BCUT2D eigenvalue weighted by Gasteiger charge is 2.16. The van der Waals surface area contributed by atoms with Crippen molar-refractivity contribution in [2.24, 2.45) is 5.92 Å². The van der Waals surface area contributed by atoms with Crippen LogP contribution in [0.15, 0.2) is 0 Å². The molecule has 1 fully saturated rings. The molecule has 1 unspecified atom stereocenters. The Morgan fingerprint density at radius 2 is 1.67 bits per heavy atom. The zero-order valence-corrected chi connectivity index (χ0v) is 13.7. The van der Waals surface area contributed by atoms with Crippen LogP contribution in [0.4, 0.5) is 17.8 Å². The third kappa shape index (κ3) is 4.72. The van der Waals surface area contributed by atoms with Crippen LogP contribution >= 0.6 is 0 Å². The van der Waals surface area contributed by atoms with Crippen LogP contribution in [0.3, 0.4) is 0 Å². The Balaban J connectivity index is 2.12. The summed E-state index contributed by atoms with van der Waals surface area (Å²) in [4.78, 5) is 15.8. The standard InChI is InChI=1S/C15H28N6/c1-11(2)10-12(3)17-14-18-13(16-4)19-15(20-14)21-8-6-5-7-9-21/h11-12H,5-10H2,1-4H3,(H2,16,17,18,19,20). The van der Waals surface area contributed by atoms with Gasteiger partial charge in [0.25, 0.3) is 0 Å². The average molecular weight is 292 g/mol. The highest BCUT2D eigenvalue weighted by atomic mass is 15.3. The summed E-state index contributed by atoms with van der Waals surface area (Å²) in [5.74, 6) is 2.74. The number of nitrogens with zero attached hydrogens (tertiary/aromatic N) is 4. The molecular formula is C15H28N6. The van der Waals surface area contributed by atoms with Gasteiger partial charge in [0.05, 0.1) is 0 Å². The maximum absolute atomic E-state index is 4.60. The monoisotopic (exact) mass is 292 g/mol. The van der Waals surface area contributed by atoms with Gasteiger partial charge in [-0.1, -0.05) is 13.8 Å². The SMILES string of the molecule is CNc1nc(NC(C)CC(C)C)nc(N2CCCCC2)n1. The second-order valence-corrected chi connectivity index (χ2v) is 6.26. The average Bonchev–Trinajstić information content (AvgIpc) is 2.46. The Labute approximate surface area is 127 Å². The van der Waals surface area contributed by atoms with Crippen molar-refractivity contribution in [3.8, 4) is 0 Å². The molecule has 1 saturated heterocycles. The number of rotatable bonds is 6. The van der Waals surface area contributed by atoms with Crippen molar-refractivity contribution >= 4 is 17.8 Å². The van der Waals surface area contributed by atoms with Gasteiger partial charge in [-0.3, -0.25) is 0 Å². The Bertz CT molecular complexity index is 442. The lowest BCUT2D eigenvalue weighted by molar-refractivity contribution is 0.536. The van der Waals surface area contributed by atoms with Crippen LogP contribution in [0.1, 0.15) is 46.5 Å². The molecule has 2 heterocycles. The van der Waals surface area contributed by atoms with Crippen molar-refractivity contribution in [1.82, 2.24) is 15.0 Å². The van der Waals surface area contributed by atoms with Gasteiger partial charge in [0.2, 0.25) is 17.8 Å². The minimum absolute atomic E-state index is 0.353. The molecule has 6 heteroatoms. The summed E-state index contributed by atoms with van der Waals surface area (Å²) in [6, 6.07) is 0.353. The molecule has 2 rings (SSSR count). The van der Waals surface area contributed by atoms with E-state index in [1.54, 1.807) is 0 Å². The highest BCUT2D eigenvalue weighted by molar-refractivity contribution is 5.44. The second-order valence-electron chi connectivity index (χ2n) is 6.26. The first kappa shape index (κ1) is 15.8. The number of hydrogen-bond donors (Lipinski definition) is 2. The van der Waals surface area contributed by atoms with Crippen molar-refractivity contribution < 1.29 is 0 Å². The molecule has 0 saturated carbocycles. The quantitative estimate of drug-likeness (QED) is 0.840. The smallest absolute Gasteiger partial charge is 0.231 e. The van der Waals surface area contributed by atoms with Crippen LogP contribution in [0, 0.1) is 5.92 Å². The van der Waals surface area contributed by atoms with Crippen LogP contribution in [-0.2, 0) is 0 Å². The topological polar surface area (TPSA) is 66.0 Å². The van der Waals surface area contributed by atoms with E-state index in [2.05, 4.69) is 51.3 Å². The summed E-state index contributed by atoms with van der Waals surface area (Å²) in [5, 5.41) is 6.43. The van der Waals surface area contributed by atoms with E-state index in [0.717, 1.165) is 25.5 Å². The summed E-state index contributed by atoms with van der Waals surface area (Å²) in [6.07, 6.45) is 4.83. The Kier molecular flexibility index (Phi) is 5.59. The number of piperidine rings is 1. The molecule has 1 aliphatic rings. The molecule has 1 aromatic heterocycles. The molecule has 21 heavy (non-hydrogen) atoms. The van der Waals surface area contributed by atoms with Gasteiger partial charge < -0.3 is 15.5 Å². The van der Waals surface area contributed by atoms with Gasteiger partial charge in [0.1, 0.15) is 0 Å². The first-order valence-corrected chi connectivity index (χ1v) is 8.03. The van der Waals surface area contributed by atoms with E-state index in [1.807, 2.05) is 7.05 Å². The lowest BCUT2D eigenvalue weighted by Gasteiger charge is -2.27. The molecule has 118 valence electrons. The Morgan fingerprint density at radius 1 is 1.00 bits per heavy atom. The third-order valence-electron chi connectivity index (χ3n) is 3.69. The molecule has 0 radical (unpaired) electrons. The normalized spacial score (nSPS) is 16.9. The molecule has 1 aromatic rings. The van der Waals surface area contributed by atoms with E-state index in [9.17, 15) is 0 Å². The van der Waals surface area contributed by atoms with E-state index in [-0.39, 0.29) is 0 Å². The van der Waals surface area contributed by atoms with E-state index in [1.165, 1.54) is 19.3 Å². The van der Waals surface area contributed by atoms with Crippen LogP contribution in [0.5, 0.6) is 0 Å². The number of aromatic nitrogens is 3. The first-order valence-electron chi connectivity index (χ1n) is 8.03. The Morgan fingerprint density at radius 3 is 2.29 bits per heavy atom. The molecule has 6 nitrogen and oxygen atoms in total. The predicted octanol–water partition coefficient (Wildman–Crippen LogP) is 2.75. The van der Waals surface area contributed by atoms with Crippen molar-refractivity contribution in [3.05, 3.63) is 0 Å². The molecule has 0 spiro atoms. The summed E-state index contributed by atoms with van der Waals surface area (Å²) in [6.45, 7) is 8.69. The van der Waals surface area contributed by atoms with E-state index in [0.29, 0.717) is 23.9 Å². The van der Waals surface area contributed by atoms with Gasteiger partial charge >= 0.3 is 0 Å². The number of anilines is 3. The van der Waals surface area contributed by atoms with Gasteiger partial charge in [-0.25, -0.2) is 0 Å². The zero-order valence-electron chi connectivity index (χ0n) is 13.7. The Hall–Kier alpha value is -1.59. The minimum Gasteiger partial charge on any atom is -0.357 e. The minimum atomic E-state index is 0.353. The van der Waals surface area contributed by atoms with Crippen molar-refractivity contribution in [2.75, 3.05) is 35.7 Å². The van der Waals surface area contributed by atoms with Gasteiger partial charge in [0.15, 0.2) is 0 Å². The lowest BCUT2D eigenvalue weighted by Crippen LogP contribution is -2.32. The van der Waals surface area contributed by atoms with Crippen molar-refractivity contribution in [2.45, 2.75) is 52.5 Å².